The van der Waals surface area contributed by atoms with Gasteiger partial charge in [0.2, 0.25) is 0 Å². The van der Waals surface area contributed by atoms with E-state index in [-0.39, 0.29) is 0 Å². The highest BCUT2D eigenvalue weighted by Crippen LogP contribution is 2.19. The van der Waals surface area contributed by atoms with Gasteiger partial charge in [0, 0.05) is 38.4 Å². The number of nitrogens with zero attached hydrogens (tertiary/aromatic N) is 2. The summed E-state index contributed by atoms with van der Waals surface area (Å²) < 4.78 is 0. The Morgan fingerprint density at radius 3 is 2.29 bits per heavy atom. The predicted octanol–water partition coefficient (Wildman–Crippen LogP) is 2.09. The molecule has 3 nitrogen and oxygen atoms in total. The van der Waals surface area contributed by atoms with Gasteiger partial charge in [-0.3, -0.25) is 4.90 Å². The molecule has 1 aromatic rings. The Kier molecular flexibility index (Phi) is 3.69. The third-order valence-electron chi connectivity index (χ3n) is 3.08. The summed E-state index contributed by atoms with van der Waals surface area (Å²) in [6, 6.07) is 7.44. The molecule has 0 radical (unpaired) electrons. The summed E-state index contributed by atoms with van der Waals surface area (Å²) in [7, 11) is 0. The maximum Gasteiger partial charge on any atom is 0.115 e. The van der Waals surface area contributed by atoms with Gasteiger partial charge in [-0.1, -0.05) is 12.2 Å². The number of phenolic OH excluding ortho intramolecular Hbond substituents is 1. The molecule has 1 aliphatic heterocycles. The molecule has 0 amide bonds. The van der Waals surface area contributed by atoms with Crippen LogP contribution in [0.25, 0.3) is 0 Å². The smallest absolute Gasteiger partial charge is 0.115 e. The maximum absolute atomic E-state index is 9.26. The van der Waals surface area contributed by atoms with E-state index < -0.39 is 0 Å². The van der Waals surface area contributed by atoms with Crippen molar-refractivity contribution in [1.82, 2.24) is 4.90 Å². The second-order valence-electron chi connectivity index (χ2n) is 4.74. The van der Waals surface area contributed by atoms with Gasteiger partial charge < -0.3 is 10.0 Å². The largest absolute Gasteiger partial charge is 0.508 e. The number of hydrogen-bond donors (Lipinski definition) is 1. The van der Waals surface area contributed by atoms with E-state index >= 15 is 0 Å². The van der Waals surface area contributed by atoms with Crippen molar-refractivity contribution in [1.29, 1.82) is 0 Å². The number of hydrogen-bond acceptors (Lipinski definition) is 3. The van der Waals surface area contributed by atoms with Gasteiger partial charge >= 0.3 is 0 Å². The van der Waals surface area contributed by atoms with E-state index in [4.69, 9.17) is 0 Å². The first kappa shape index (κ1) is 12.0. The van der Waals surface area contributed by atoms with E-state index in [0.717, 1.165) is 32.7 Å². The third kappa shape index (κ3) is 3.24. The summed E-state index contributed by atoms with van der Waals surface area (Å²) in [5.74, 6) is 0.328. The summed E-state index contributed by atoms with van der Waals surface area (Å²) >= 11 is 0. The van der Waals surface area contributed by atoms with Crippen LogP contribution in [0.3, 0.4) is 0 Å². The van der Waals surface area contributed by atoms with Crippen LogP contribution < -0.4 is 4.90 Å². The van der Waals surface area contributed by atoms with E-state index in [2.05, 4.69) is 23.3 Å². The lowest BCUT2D eigenvalue weighted by Gasteiger charge is -2.36. The topological polar surface area (TPSA) is 26.7 Å². The van der Waals surface area contributed by atoms with Gasteiger partial charge in [-0.15, -0.1) is 0 Å². The van der Waals surface area contributed by atoms with E-state index in [1.54, 1.807) is 12.1 Å². The Morgan fingerprint density at radius 1 is 1.18 bits per heavy atom. The summed E-state index contributed by atoms with van der Waals surface area (Å²) in [6.45, 7) is 11.3. The van der Waals surface area contributed by atoms with Gasteiger partial charge in [-0.25, -0.2) is 0 Å². The normalized spacial score (nSPS) is 17.1. The van der Waals surface area contributed by atoms with E-state index in [9.17, 15) is 5.11 Å². The Labute approximate surface area is 103 Å². The van der Waals surface area contributed by atoms with Crippen LogP contribution in [0, 0.1) is 0 Å². The highest BCUT2D eigenvalue weighted by molar-refractivity contribution is 5.49. The fourth-order valence-corrected chi connectivity index (χ4v) is 2.21. The van der Waals surface area contributed by atoms with Crippen molar-refractivity contribution in [3.63, 3.8) is 0 Å². The molecule has 0 aliphatic carbocycles. The molecule has 1 N–H and O–H groups in total. The lowest BCUT2D eigenvalue weighted by atomic mass is 10.2. The SMILES string of the molecule is C=C(C)CN1CCN(c2ccc(O)cc2)CC1. The van der Waals surface area contributed by atoms with Crippen molar-refractivity contribution < 1.29 is 5.11 Å². The molecule has 92 valence electrons. The molecule has 0 aromatic heterocycles. The van der Waals surface area contributed by atoms with Crippen LogP contribution >= 0.6 is 0 Å². The van der Waals surface area contributed by atoms with Gasteiger partial charge in [0.15, 0.2) is 0 Å². The second kappa shape index (κ2) is 5.23. The molecular weight excluding hydrogens is 212 g/mol. The van der Waals surface area contributed by atoms with Crippen LogP contribution in [-0.4, -0.2) is 42.7 Å². The second-order valence-corrected chi connectivity index (χ2v) is 4.74. The number of rotatable bonds is 3. The lowest BCUT2D eigenvalue weighted by Crippen LogP contribution is -2.46. The lowest BCUT2D eigenvalue weighted by molar-refractivity contribution is 0.278. The van der Waals surface area contributed by atoms with Crippen LogP contribution in [0.1, 0.15) is 6.92 Å². The molecule has 0 saturated carbocycles. The minimum absolute atomic E-state index is 0.328. The summed E-state index contributed by atoms with van der Waals surface area (Å²) in [5.41, 5.74) is 2.42. The molecular formula is C14H20N2O. The molecule has 1 aromatic carbocycles. The first-order chi connectivity index (χ1) is 8.15. The van der Waals surface area contributed by atoms with E-state index in [1.807, 2.05) is 12.1 Å². The Hall–Kier alpha value is -1.48. The third-order valence-corrected chi connectivity index (χ3v) is 3.08. The highest BCUT2D eigenvalue weighted by atomic mass is 16.3. The number of anilines is 1. The number of phenols is 1. The van der Waals surface area contributed by atoms with Gasteiger partial charge in [0.1, 0.15) is 5.75 Å². The van der Waals surface area contributed by atoms with Crippen LogP contribution in [0.5, 0.6) is 5.75 Å². The van der Waals surface area contributed by atoms with Crippen molar-refractivity contribution in [3.8, 4) is 5.75 Å². The molecule has 1 fully saturated rings. The zero-order chi connectivity index (χ0) is 12.3. The molecule has 1 heterocycles. The molecule has 0 spiro atoms. The minimum Gasteiger partial charge on any atom is -0.508 e. The molecule has 2 rings (SSSR count). The average Bonchev–Trinajstić information content (AvgIpc) is 2.30. The van der Waals surface area contributed by atoms with Crippen molar-refractivity contribution >= 4 is 5.69 Å². The average molecular weight is 232 g/mol. The van der Waals surface area contributed by atoms with Crippen LogP contribution in [0.15, 0.2) is 36.4 Å². The zero-order valence-electron chi connectivity index (χ0n) is 10.4. The number of piperazine rings is 1. The summed E-state index contributed by atoms with van der Waals surface area (Å²) in [6.07, 6.45) is 0. The maximum atomic E-state index is 9.26. The summed E-state index contributed by atoms with van der Waals surface area (Å²) in [5, 5.41) is 9.26. The predicted molar refractivity (Wildman–Crippen MR) is 71.6 cm³/mol. The fraction of sp³-hybridized carbons (Fsp3) is 0.429. The molecule has 0 unspecified atom stereocenters. The van der Waals surface area contributed by atoms with Crippen LogP contribution in [0.2, 0.25) is 0 Å². The highest BCUT2D eigenvalue weighted by Gasteiger charge is 2.16. The van der Waals surface area contributed by atoms with Crippen molar-refractivity contribution in [2.24, 2.45) is 0 Å². The Balaban J connectivity index is 1.90. The van der Waals surface area contributed by atoms with Crippen LogP contribution in [-0.2, 0) is 0 Å². The van der Waals surface area contributed by atoms with E-state index in [0.29, 0.717) is 5.75 Å². The standard InChI is InChI=1S/C14H20N2O/c1-12(2)11-15-7-9-16(10-8-15)13-3-5-14(17)6-4-13/h3-6,17H,1,7-11H2,2H3. The molecule has 17 heavy (non-hydrogen) atoms. The van der Waals surface area contributed by atoms with Gasteiger partial charge in [-0.2, -0.15) is 0 Å². The first-order valence-corrected chi connectivity index (χ1v) is 6.06. The fourth-order valence-electron chi connectivity index (χ4n) is 2.21. The van der Waals surface area contributed by atoms with Crippen molar-refractivity contribution in [2.75, 3.05) is 37.6 Å². The quantitative estimate of drug-likeness (QED) is 0.808. The van der Waals surface area contributed by atoms with E-state index in [1.165, 1.54) is 11.3 Å². The van der Waals surface area contributed by atoms with Crippen molar-refractivity contribution in [3.05, 3.63) is 36.4 Å². The number of aromatic hydroxyl groups is 1. The minimum atomic E-state index is 0.328. The van der Waals surface area contributed by atoms with Gasteiger partial charge in [0.25, 0.3) is 0 Å². The van der Waals surface area contributed by atoms with Crippen molar-refractivity contribution in [2.45, 2.75) is 6.92 Å². The molecule has 1 saturated heterocycles. The summed E-state index contributed by atoms with van der Waals surface area (Å²) in [4.78, 5) is 4.79. The molecule has 3 heteroatoms. The monoisotopic (exact) mass is 232 g/mol. The Morgan fingerprint density at radius 2 is 1.76 bits per heavy atom. The zero-order valence-corrected chi connectivity index (χ0v) is 10.4. The number of benzene rings is 1. The molecule has 0 bridgehead atoms. The Bertz CT molecular complexity index is 378. The van der Waals surface area contributed by atoms with Gasteiger partial charge in [0.05, 0.1) is 0 Å². The van der Waals surface area contributed by atoms with Crippen LogP contribution in [0.4, 0.5) is 5.69 Å². The van der Waals surface area contributed by atoms with Gasteiger partial charge in [-0.05, 0) is 31.2 Å². The molecule has 1 aliphatic rings. The first-order valence-electron chi connectivity index (χ1n) is 6.06. The molecule has 0 atom stereocenters.